The summed E-state index contributed by atoms with van der Waals surface area (Å²) in [5.41, 5.74) is 10.9. The molecule has 0 bridgehead atoms. The summed E-state index contributed by atoms with van der Waals surface area (Å²) in [5.74, 6) is 0.0953. The monoisotopic (exact) mass is 518 g/mol. The van der Waals surface area contributed by atoms with Crippen molar-refractivity contribution in [3.63, 3.8) is 0 Å². The number of azide groups is 1. The number of thiazole rings is 1. The number of alkyl halides is 2. The molecule has 8 nitrogen and oxygen atoms in total. The van der Waals surface area contributed by atoms with Crippen molar-refractivity contribution in [2.45, 2.75) is 25.9 Å². The fraction of sp³-hybridized carbons (Fsp3) is 0.318. The van der Waals surface area contributed by atoms with Crippen LogP contribution in [-0.2, 0) is 0 Å². The number of hydrogen-bond donors (Lipinski definition) is 0. The summed E-state index contributed by atoms with van der Waals surface area (Å²) >= 11 is 7.87. The molecule has 2 aliphatic rings. The van der Waals surface area contributed by atoms with Crippen LogP contribution in [0.25, 0.3) is 16.0 Å². The second-order valence-electron chi connectivity index (χ2n) is 8.67. The van der Waals surface area contributed by atoms with Gasteiger partial charge in [0.15, 0.2) is 10.8 Å². The lowest BCUT2D eigenvalue weighted by Crippen LogP contribution is -2.35. The highest BCUT2D eigenvalue weighted by molar-refractivity contribution is 7.11. The van der Waals surface area contributed by atoms with Crippen molar-refractivity contribution in [2.24, 2.45) is 15.5 Å². The van der Waals surface area contributed by atoms with E-state index >= 15 is 0 Å². The van der Waals surface area contributed by atoms with Crippen LogP contribution < -0.4 is 0 Å². The van der Waals surface area contributed by atoms with Crippen LogP contribution in [0.4, 0.5) is 13.2 Å². The molecule has 2 atom stereocenters. The molecule has 0 saturated carbocycles. The third kappa shape index (κ3) is 4.29. The Morgan fingerprint density at radius 2 is 2.23 bits per heavy atom. The Kier molecular flexibility index (Phi) is 6.04. The standard InChI is InChI=1S/C22H18ClF3N8S/c1-22(10-29-32-27)7-16-17(12-8-30-34(9-12)21(25)26)18(14-3-2-13(24)6-15(14)23)31-19(33(16)11-22)20-28-4-5-35-20/h2-6,8-9,18,21H,7,10-11H2,1H3/t18-,22-/m0/s1. The van der Waals surface area contributed by atoms with Gasteiger partial charge in [0, 0.05) is 57.6 Å². The zero-order chi connectivity index (χ0) is 24.7. The largest absolute Gasteiger partial charge is 0.333 e. The van der Waals surface area contributed by atoms with Gasteiger partial charge in [-0.15, -0.1) is 11.3 Å². The Labute approximate surface area is 207 Å². The van der Waals surface area contributed by atoms with E-state index in [2.05, 4.69) is 20.1 Å². The number of allylic oxidation sites excluding steroid dienone is 1. The Bertz CT molecular complexity index is 1380. The smallest absolute Gasteiger partial charge is 0.327 e. The summed E-state index contributed by atoms with van der Waals surface area (Å²) in [6, 6.07) is 3.32. The first-order chi connectivity index (χ1) is 16.8. The van der Waals surface area contributed by atoms with Gasteiger partial charge in [-0.25, -0.2) is 14.1 Å². The molecule has 4 heterocycles. The molecule has 0 aliphatic carbocycles. The number of aromatic nitrogens is 3. The fourth-order valence-corrected chi connectivity index (χ4v) is 5.47. The summed E-state index contributed by atoms with van der Waals surface area (Å²) in [6.07, 6.45) is 4.79. The highest BCUT2D eigenvalue weighted by Crippen LogP contribution is 2.50. The zero-order valence-electron chi connectivity index (χ0n) is 18.3. The van der Waals surface area contributed by atoms with Gasteiger partial charge in [0.25, 0.3) is 0 Å². The van der Waals surface area contributed by atoms with Crippen LogP contribution in [0.1, 0.15) is 42.1 Å². The lowest BCUT2D eigenvalue weighted by Gasteiger charge is -2.33. The van der Waals surface area contributed by atoms with Crippen molar-refractivity contribution in [1.82, 2.24) is 19.7 Å². The zero-order valence-corrected chi connectivity index (χ0v) is 19.9. The lowest BCUT2D eigenvalue weighted by molar-refractivity contribution is 0.0566. The minimum atomic E-state index is -2.81. The molecule has 0 radical (unpaired) electrons. The average molecular weight is 519 g/mol. The third-order valence-electron chi connectivity index (χ3n) is 6.06. The summed E-state index contributed by atoms with van der Waals surface area (Å²) in [6.45, 7) is -0.0989. The predicted molar refractivity (Wildman–Crippen MR) is 127 cm³/mol. The number of nitrogens with zero attached hydrogens (tertiary/aromatic N) is 8. The van der Waals surface area contributed by atoms with Crippen LogP contribution in [0.5, 0.6) is 0 Å². The highest BCUT2D eigenvalue weighted by Gasteiger charge is 2.45. The predicted octanol–water partition coefficient (Wildman–Crippen LogP) is 6.46. The second-order valence-corrected chi connectivity index (χ2v) is 9.97. The Morgan fingerprint density at radius 1 is 1.40 bits per heavy atom. The number of rotatable bonds is 6. The van der Waals surface area contributed by atoms with Gasteiger partial charge < -0.3 is 4.90 Å². The molecule has 5 rings (SSSR count). The molecule has 35 heavy (non-hydrogen) atoms. The molecule has 2 aliphatic heterocycles. The quantitative estimate of drug-likeness (QED) is 0.213. The molecule has 0 unspecified atom stereocenters. The minimum Gasteiger partial charge on any atom is -0.327 e. The van der Waals surface area contributed by atoms with E-state index in [4.69, 9.17) is 22.1 Å². The van der Waals surface area contributed by atoms with Crippen LogP contribution >= 0.6 is 22.9 Å². The molecule has 0 amide bonds. The Morgan fingerprint density at radius 3 is 2.89 bits per heavy atom. The third-order valence-corrected chi connectivity index (χ3v) is 7.16. The summed E-state index contributed by atoms with van der Waals surface area (Å²) in [7, 11) is 0. The number of benzene rings is 1. The van der Waals surface area contributed by atoms with E-state index in [1.165, 1.54) is 35.9 Å². The molecule has 1 fully saturated rings. The van der Waals surface area contributed by atoms with Gasteiger partial charge >= 0.3 is 6.55 Å². The number of hydrogen-bond acceptors (Lipinski definition) is 6. The molecule has 1 saturated heterocycles. The first kappa shape index (κ1) is 23.4. The maximum absolute atomic E-state index is 13.9. The maximum Gasteiger partial charge on any atom is 0.333 e. The van der Waals surface area contributed by atoms with Gasteiger partial charge in [0.2, 0.25) is 0 Å². The van der Waals surface area contributed by atoms with Crippen molar-refractivity contribution < 1.29 is 13.2 Å². The van der Waals surface area contributed by atoms with Crippen LogP contribution in [0.3, 0.4) is 0 Å². The van der Waals surface area contributed by atoms with Crippen LogP contribution in [0.2, 0.25) is 5.02 Å². The maximum atomic E-state index is 13.9. The Hall–Kier alpha value is -3.34. The normalized spacial score (nSPS) is 21.8. The van der Waals surface area contributed by atoms with Gasteiger partial charge in [-0.3, -0.25) is 4.99 Å². The van der Waals surface area contributed by atoms with E-state index in [1.54, 1.807) is 12.3 Å². The number of aliphatic imine (C=N–C) groups is 1. The van der Waals surface area contributed by atoms with Crippen LogP contribution in [-0.4, -0.2) is 38.6 Å². The molecule has 3 aromatic rings. The van der Waals surface area contributed by atoms with Crippen molar-refractivity contribution in [3.8, 4) is 0 Å². The topological polar surface area (TPSA) is 95.1 Å². The van der Waals surface area contributed by atoms with Crippen molar-refractivity contribution in [1.29, 1.82) is 0 Å². The molecular formula is C22H18ClF3N8S. The molecule has 13 heteroatoms. The molecule has 0 spiro atoms. The summed E-state index contributed by atoms with van der Waals surface area (Å²) in [5, 5.41) is 10.3. The lowest BCUT2D eigenvalue weighted by atomic mass is 9.85. The van der Waals surface area contributed by atoms with Gasteiger partial charge in [0.1, 0.15) is 11.9 Å². The van der Waals surface area contributed by atoms with Gasteiger partial charge in [0.05, 0.1) is 6.20 Å². The van der Waals surface area contributed by atoms with E-state index in [1.807, 2.05) is 17.2 Å². The fourth-order valence-electron chi connectivity index (χ4n) is 4.56. The van der Waals surface area contributed by atoms with Crippen LogP contribution in [0, 0.1) is 11.2 Å². The number of halogens is 4. The van der Waals surface area contributed by atoms with E-state index in [0.717, 1.165) is 5.70 Å². The van der Waals surface area contributed by atoms with Crippen molar-refractivity contribution >= 4 is 34.3 Å². The van der Waals surface area contributed by atoms with E-state index in [0.29, 0.717) is 45.2 Å². The highest BCUT2D eigenvalue weighted by atomic mass is 35.5. The van der Waals surface area contributed by atoms with Crippen molar-refractivity contribution in [3.05, 3.63) is 85.3 Å². The summed E-state index contributed by atoms with van der Waals surface area (Å²) in [4.78, 5) is 14.3. The average Bonchev–Trinajstić information content (AvgIpc) is 3.57. The van der Waals surface area contributed by atoms with Gasteiger partial charge in [-0.1, -0.05) is 29.7 Å². The first-order valence-electron chi connectivity index (χ1n) is 10.6. The SMILES string of the molecule is C[C@@]1(CN=[N+]=[N-])CC2=C(c3cnn(C(F)F)c3)[C@H](c3ccc(F)cc3Cl)N=C(c3nccs3)N2C1. The van der Waals surface area contributed by atoms with Gasteiger partial charge in [-0.2, -0.15) is 13.9 Å². The molecule has 2 aromatic heterocycles. The van der Waals surface area contributed by atoms with E-state index < -0.39 is 23.8 Å². The summed E-state index contributed by atoms with van der Waals surface area (Å²) < 4.78 is 41.2. The van der Waals surface area contributed by atoms with Crippen LogP contribution in [0.15, 0.2) is 58.0 Å². The molecule has 1 aromatic carbocycles. The molecule has 0 N–H and O–H groups in total. The minimum absolute atomic E-state index is 0.167. The molecular weight excluding hydrogens is 501 g/mol. The molecule has 180 valence electrons. The Balaban J connectivity index is 1.75. The van der Waals surface area contributed by atoms with E-state index in [9.17, 15) is 13.2 Å². The van der Waals surface area contributed by atoms with Gasteiger partial charge in [-0.05, 0) is 35.1 Å². The second kappa shape index (κ2) is 9.03. The number of fused-ring (bicyclic) bond motifs is 1. The van der Waals surface area contributed by atoms with E-state index in [-0.39, 0.29) is 11.6 Å². The van der Waals surface area contributed by atoms with Crippen molar-refractivity contribution in [2.75, 3.05) is 13.1 Å². The number of amidine groups is 1. The first-order valence-corrected chi connectivity index (χ1v) is 11.8.